The van der Waals surface area contributed by atoms with E-state index in [0.717, 1.165) is 25.7 Å². The predicted molar refractivity (Wildman–Crippen MR) is 136 cm³/mol. The molecule has 1 aliphatic carbocycles. The lowest BCUT2D eigenvalue weighted by Crippen LogP contribution is -2.46. The van der Waals surface area contributed by atoms with E-state index in [0.29, 0.717) is 47.5 Å². The molecule has 1 aromatic heterocycles. The summed E-state index contributed by atoms with van der Waals surface area (Å²) >= 11 is 0. The molecule has 0 unspecified atom stereocenters. The fourth-order valence-electron chi connectivity index (χ4n) is 4.88. The summed E-state index contributed by atoms with van der Waals surface area (Å²) in [6.07, 6.45) is 5.35. The van der Waals surface area contributed by atoms with Gasteiger partial charge in [0.2, 0.25) is 5.91 Å². The molecule has 1 fully saturated rings. The van der Waals surface area contributed by atoms with Crippen LogP contribution < -0.4 is 29.2 Å². The lowest BCUT2D eigenvalue weighted by Gasteiger charge is -2.32. The Balaban J connectivity index is 1.64. The fraction of sp³-hybridized carbons (Fsp3) is 0.357. The van der Waals surface area contributed by atoms with E-state index in [9.17, 15) is 9.59 Å². The van der Waals surface area contributed by atoms with Gasteiger partial charge < -0.3 is 28.7 Å². The van der Waals surface area contributed by atoms with E-state index in [1.54, 1.807) is 55.6 Å². The Morgan fingerprint density at radius 1 is 0.946 bits per heavy atom. The number of anilines is 1. The minimum Gasteiger partial charge on any atom is -0.493 e. The molecule has 1 aliphatic heterocycles. The Hall–Kier alpha value is -4.14. The lowest BCUT2D eigenvalue weighted by molar-refractivity contribution is -0.123. The highest BCUT2D eigenvalue weighted by Gasteiger charge is 2.37. The number of furan rings is 1. The first kappa shape index (κ1) is 24.5. The number of fused-ring (bicyclic) bond motifs is 1. The van der Waals surface area contributed by atoms with Crippen molar-refractivity contribution in [2.75, 3.05) is 32.3 Å². The summed E-state index contributed by atoms with van der Waals surface area (Å²) in [7, 11) is 3.07. The van der Waals surface area contributed by atoms with E-state index >= 15 is 0 Å². The van der Waals surface area contributed by atoms with Gasteiger partial charge in [0, 0.05) is 17.8 Å². The second-order valence-corrected chi connectivity index (χ2v) is 8.99. The monoisotopic (exact) mass is 506 g/mol. The van der Waals surface area contributed by atoms with E-state index < -0.39 is 11.9 Å². The Morgan fingerprint density at radius 2 is 1.70 bits per heavy atom. The van der Waals surface area contributed by atoms with Gasteiger partial charge in [-0.25, -0.2) is 0 Å². The van der Waals surface area contributed by atoms with Crippen molar-refractivity contribution in [3.63, 3.8) is 0 Å². The van der Waals surface area contributed by atoms with Crippen LogP contribution in [-0.4, -0.2) is 45.3 Å². The van der Waals surface area contributed by atoms with Gasteiger partial charge in [0.05, 0.1) is 20.5 Å². The molecule has 1 N–H and O–H groups in total. The molecule has 2 amide bonds. The van der Waals surface area contributed by atoms with Crippen molar-refractivity contribution in [1.29, 1.82) is 0 Å². The van der Waals surface area contributed by atoms with Crippen LogP contribution in [0.2, 0.25) is 0 Å². The summed E-state index contributed by atoms with van der Waals surface area (Å²) in [5.41, 5.74) is 1.02. The number of carbonyl (C=O) groups is 2. The van der Waals surface area contributed by atoms with Crippen LogP contribution in [0.1, 0.15) is 47.8 Å². The highest BCUT2D eigenvalue weighted by Crippen LogP contribution is 2.39. The molecule has 9 heteroatoms. The third-order valence-corrected chi connectivity index (χ3v) is 6.69. The SMILES string of the molecule is COc1ccc([C@H](C(=O)NC2CCCC2)N(C(=O)c2ccco2)c2ccc3c(c2)OCCO3)cc1OC. The van der Waals surface area contributed by atoms with Crippen molar-refractivity contribution in [2.24, 2.45) is 0 Å². The summed E-state index contributed by atoms with van der Waals surface area (Å²) in [4.78, 5) is 29.3. The molecule has 0 radical (unpaired) electrons. The summed E-state index contributed by atoms with van der Waals surface area (Å²) < 4.78 is 27.8. The molecular formula is C28H30N2O7. The van der Waals surface area contributed by atoms with Crippen molar-refractivity contribution >= 4 is 17.5 Å². The molecule has 3 aromatic rings. The standard InChI is InChI=1S/C28H30N2O7/c1-33-21-11-9-18(16-24(21)34-2)26(27(31)29-19-6-3-4-7-19)30(28(32)23-8-5-13-35-23)20-10-12-22-25(17-20)37-15-14-36-22/h5,8-13,16-17,19,26H,3-4,6-7,14-15H2,1-2H3,(H,29,31)/t26-/m1/s1. The van der Waals surface area contributed by atoms with Crippen molar-refractivity contribution in [2.45, 2.75) is 37.8 Å². The third-order valence-electron chi connectivity index (χ3n) is 6.69. The van der Waals surface area contributed by atoms with Crippen LogP contribution in [0.3, 0.4) is 0 Å². The fourth-order valence-corrected chi connectivity index (χ4v) is 4.88. The molecule has 0 bridgehead atoms. The number of nitrogens with one attached hydrogen (secondary N) is 1. The van der Waals surface area contributed by atoms with Crippen LogP contribution in [0, 0.1) is 0 Å². The smallest absolute Gasteiger partial charge is 0.294 e. The highest BCUT2D eigenvalue weighted by atomic mass is 16.6. The molecule has 0 spiro atoms. The predicted octanol–water partition coefficient (Wildman–Crippen LogP) is 4.51. The van der Waals surface area contributed by atoms with Crippen molar-refractivity contribution in [1.82, 2.24) is 5.32 Å². The van der Waals surface area contributed by atoms with E-state index in [1.807, 2.05) is 0 Å². The Labute approximate surface area is 215 Å². The van der Waals surface area contributed by atoms with Crippen LogP contribution in [0.5, 0.6) is 23.0 Å². The molecule has 37 heavy (non-hydrogen) atoms. The maximum atomic E-state index is 14.0. The number of rotatable bonds is 8. The van der Waals surface area contributed by atoms with Gasteiger partial charge in [-0.1, -0.05) is 18.9 Å². The Kier molecular flexibility index (Phi) is 7.20. The zero-order valence-electron chi connectivity index (χ0n) is 20.9. The number of amides is 2. The zero-order chi connectivity index (χ0) is 25.8. The summed E-state index contributed by atoms with van der Waals surface area (Å²) in [6.45, 7) is 0.837. The van der Waals surface area contributed by atoms with Crippen molar-refractivity contribution < 1.29 is 33.0 Å². The first-order valence-electron chi connectivity index (χ1n) is 12.4. The highest BCUT2D eigenvalue weighted by molar-refractivity contribution is 6.09. The average Bonchev–Trinajstić information content (AvgIpc) is 3.65. The number of hydrogen-bond donors (Lipinski definition) is 1. The van der Waals surface area contributed by atoms with Gasteiger partial charge in [0.1, 0.15) is 19.3 Å². The van der Waals surface area contributed by atoms with Gasteiger partial charge in [0.25, 0.3) is 5.91 Å². The average molecular weight is 507 g/mol. The number of hydrogen-bond acceptors (Lipinski definition) is 7. The molecule has 194 valence electrons. The number of carbonyl (C=O) groups excluding carboxylic acids is 2. The van der Waals surface area contributed by atoms with Crippen LogP contribution in [0.15, 0.2) is 59.2 Å². The quantitative estimate of drug-likeness (QED) is 0.480. The third kappa shape index (κ3) is 5.07. The first-order chi connectivity index (χ1) is 18.1. The van der Waals surface area contributed by atoms with Gasteiger partial charge in [-0.2, -0.15) is 0 Å². The molecule has 2 heterocycles. The number of ether oxygens (including phenoxy) is 4. The maximum Gasteiger partial charge on any atom is 0.294 e. The molecule has 2 aromatic carbocycles. The van der Waals surface area contributed by atoms with Crippen LogP contribution in [0.25, 0.3) is 0 Å². The lowest BCUT2D eigenvalue weighted by atomic mass is 10.0. The number of methoxy groups -OCH3 is 2. The van der Waals surface area contributed by atoms with Gasteiger partial charge in [0.15, 0.2) is 28.8 Å². The van der Waals surface area contributed by atoms with Crippen molar-refractivity contribution in [3.8, 4) is 23.0 Å². The number of nitrogens with zero attached hydrogens (tertiary/aromatic N) is 1. The minimum atomic E-state index is -1.03. The maximum absolute atomic E-state index is 14.0. The van der Waals surface area contributed by atoms with E-state index in [1.165, 1.54) is 18.3 Å². The zero-order valence-corrected chi connectivity index (χ0v) is 20.9. The molecule has 1 atom stereocenters. The van der Waals surface area contributed by atoms with E-state index in [-0.39, 0.29) is 17.7 Å². The topological polar surface area (TPSA) is 99.5 Å². The summed E-state index contributed by atoms with van der Waals surface area (Å²) in [5, 5.41) is 3.16. The number of benzene rings is 2. The molecule has 9 nitrogen and oxygen atoms in total. The van der Waals surface area contributed by atoms with E-state index in [2.05, 4.69) is 5.32 Å². The van der Waals surface area contributed by atoms with Crippen molar-refractivity contribution in [3.05, 3.63) is 66.1 Å². The summed E-state index contributed by atoms with van der Waals surface area (Å²) in [6, 6.07) is 12.6. The van der Waals surface area contributed by atoms with Gasteiger partial charge >= 0.3 is 0 Å². The second-order valence-electron chi connectivity index (χ2n) is 8.99. The first-order valence-corrected chi connectivity index (χ1v) is 12.4. The molecule has 5 rings (SSSR count). The van der Waals surface area contributed by atoms with E-state index in [4.69, 9.17) is 23.4 Å². The summed E-state index contributed by atoms with van der Waals surface area (Å²) in [5.74, 6) is 1.39. The molecular weight excluding hydrogens is 476 g/mol. The normalized spacial score (nSPS) is 15.6. The van der Waals surface area contributed by atoms with Gasteiger partial charge in [-0.15, -0.1) is 0 Å². The van der Waals surface area contributed by atoms with Crippen LogP contribution in [-0.2, 0) is 4.79 Å². The molecule has 2 aliphatic rings. The Bertz CT molecular complexity index is 1250. The Morgan fingerprint density at radius 3 is 2.41 bits per heavy atom. The van der Waals surface area contributed by atoms with Crippen LogP contribution in [0.4, 0.5) is 5.69 Å². The molecule has 1 saturated carbocycles. The van der Waals surface area contributed by atoms with Gasteiger partial charge in [-0.3, -0.25) is 14.5 Å². The second kappa shape index (κ2) is 10.9. The molecule has 0 saturated heterocycles. The largest absolute Gasteiger partial charge is 0.493 e. The minimum absolute atomic E-state index is 0.0518. The van der Waals surface area contributed by atoms with Gasteiger partial charge in [-0.05, 0) is 54.8 Å². The van der Waals surface area contributed by atoms with Crippen LogP contribution >= 0.6 is 0 Å².